The van der Waals surface area contributed by atoms with Crippen molar-refractivity contribution in [1.82, 2.24) is 0 Å². The van der Waals surface area contributed by atoms with Gasteiger partial charge in [0.05, 0.1) is 13.2 Å². The van der Waals surface area contributed by atoms with Crippen LogP contribution in [0.5, 0.6) is 0 Å². The first kappa shape index (κ1) is 28.6. The van der Waals surface area contributed by atoms with E-state index in [1.54, 1.807) is 0 Å². The van der Waals surface area contributed by atoms with Gasteiger partial charge in [-0.2, -0.15) is 0 Å². The molecule has 2 fully saturated rings. The van der Waals surface area contributed by atoms with Crippen molar-refractivity contribution >= 4 is 12.1 Å². The number of rotatable bonds is 11. The molecule has 10 atom stereocenters. The fraction of sp³-hybridized carbons (Fsp3) is 0.895. The molecule has 15 nitrogen and oxygen atoms in total. The molecular formula is C19H33NO14. The number of aliphatic hydroxyl groups excluding tert-OH is 3. The van der Waals surface area contributed by atoms with Gasteiger partial charge in [-0.05, 0) is 0 Å². The highest BCUT2D eigenvalue weighted by Crippen LogP contribution is 2.28. The average molecular weight is 499 g/mol. The average Bonchev–Trinajstić information content (AvgIpc) is 2.77. The summed E-state index contributed by atoms with van der Waals surface area (Å²) in [7, 11) is 4.09. The second kappa shape index (κ2) is 13.4. The van der Waals surface area contributed by atoms with Crippen LogP contribution >= 0.6 is 0 Å². The van der Waals surface area contributed by atoms with E-state index in [1.165, 1.54) is 21.3 Å². The topological polar surface area (TPSA) is 204 Å². The van der Waals surface area contributed by atoms with E-state index in [0.29, 0.717) is 0 Å². The zero-order chi connectivity index (χ0) is 25.4. The lowest BCUT2D eigenvalue weighted by Crippen LogP contribution is -2.62. The molecule has 0 aliphatic carbocycles. The van der Waals surface area contributed by atoms with Gasteiger partial charge in [-0.3, -0.25) is 4.79 Å². The summed E-state index contributed by atoms with van der Waals surface area (Å²) in [4.78, 5) is 22.9. The van der Waals surface area contributed by atoms with Crippen LogP contribution in [0.2, 0.25) is 0 Å². The third kappa shape index (κ3) is 7.17. The van der Waals surface area contributed by atoms with Crippen LogP contribution in [0, 0.1) is 0 Å². The van der Waals surface area contributed by atoms with Crippen LogP contribution in [0.4, 0.5) is 4.79 Å². The Balaban J connectivity index is 2.14. The van der Waals surface area contributed by atoms with E-state index in [4.69, 9.17) is 48.4 Å². The molecule has 0 saturated carbocycles. The maximum Gasteiger partial charge on any atom is 0.405 e. The standard InChI is InChI=1S/C19H33NO14/c1-8(21)31-16-14(12(23)10(6-27-3)32-17(16)28-4)29-7-30-18-15(34-19(20)25)13(24)11(22)9(33-18)5-26-2/h9-18,22-24H,5-7H2,1-4H3,(H2,20,25). The minimum atomic E-state index is -1.61. The van der Waals surface area contributed by atoms with E-state index in [1.807, 2.05) is 0 Å². The molecule has 0 bridgehead atoms. The van der Waals surface area contributed by atoms with Gasteiger partial charge in [-0.1, -0.05) is 0 Å². The Morgan fingerprint density at radius 1 is 0.794 bits per heavy atom. The lowest BCUT2D eigenvalue weighted by molar-refractivity contribution is -0.341. The van der Waals surface area contributed by atoms with Crippen molar-refractivity contribution in [3.8, 4) is 0 Å². The van der Waals surface area contributed by atoms with Crippen molar-refractivity contribution < 1.29 is 67.5 Å². The molecule has 2 aliphatic rings. The Morgan fingerprint density at radius 2 is 1.38 bits per heavy atom. The molecule has 34 heavy (non-hydrogen) atoms. The summed E-state index contributed by atoms with van der Waals surface area (Å²) < 4.78 is 47.5. The Labute approximate surface area is 195 Å². The van der Waals surface area contributed by atoms with Crippen molar-refractivity contribution in [1.29, 1.82) is 0 Å². The number of hydrogen-bond donors (Lipinski definition) is 4. The highest BCUT2D eigenvalue weighted by molar-refractivity contribution is 5.66. The number of nitrogens with two attached hydrogens (primary N) is 1. The van der Waals surface area contributed by atoms with Gasteiger partial charge >= 0.3 is 12.1 Å². The maximum absolute atomic E-state index is 11.6. The molecule has 2 heterocycles. The Kier molecular flexibility index (Phi) is 11.3. The predicted octanol–water partition coefficient (Wildman–Crippen LogP) is -2.79. The summed E-state index contributed by atoms with van der Waals surface area (Å²) in [6.07, 6.45) is -13.9. The van der Waals surface area contributed by atoms with E-state index < -0.39 is 80.3 Å². The molecule has 0 radical (unpaired) electrons. The largest absolute Gasteiger partial charge is 0.454 e. The molecule has 15 heteroatoms. The van der Waals surface area contributed by atoms with Crippen LogP contribution in [0.3, 0.4) is 0 Å². The molecule has 2 aliphatic heterocycles. The van der Waals surface area contributed by atoms with E-state index in [9.17, 15) is 24.9 Å². The number of carbonyl (C=O) groups is 2. The van der Waals surface area contributed by atoms with Crippen molar-refractivity contribution in [3.63, 3.8) is 0 Å². The lowest BCUT2D eigenvalue weighted by Gasteiger charge is -2.43. The smallest absolute Gasteiger partial charge is 0.405 e. The summed E-state index contributed by atoms with van der Waals surface area (Å²) in [6, 6.07) is 0. The molecule has 0 aromatic carbocycles. The van der Waals surface area contributed by atoms with Crippen molar-refractivity contribution in [3.05, 3.63) is 0 Å². The van der Waals surface area contributed by atoms with Gasteiger partial charge in [0.1, 0.15) is 36.6 Å². The molecule has 0 aromatic heterocycles. The highest BCUT2D eigenvalue weighted by Gasteiger charge is 2.50. The van der Waals surface area contributed by atoms with E-state index in [0.717, 1.165) is 6.92 Å². The number of carbonyl (C=O) groups excluding carboxylic acids is 2. The van der Waals surface area contributed by atoms with Gasteiger partial charge in [-0.15, -0.1) is 0 Å². The predicted molar refractivity (Wildman–Crippen MR) is 107 cm³/mol. The molecule has 198 valence electrons. The highest BCUT2D eigenvalue weighted by atomic mass is 16.8. The van der Waals surface area contributed by atoms with Gasteiger partial charge in [0.15, 0.2) is 25.3 Å². The molecule has 0 aromatic rings. The molecule has 10 unspecified atom stereocenters. The zero-order valence-corrected chi connectivity index (χ0v) is 19.3. The summed E-state index contributed by atoms with van der Waals surface area (Å²) >= 11 is 0. The molecule has 2 saturated heterocycles. The lowest BCUT2D eigenvalue weighted by atomic mass is 9.98. The molecule has 0 spiro atoms. The zero-order valence-electron chi connectivity index (χ0n) is 19.3. The van der Waals surface area contributed by atoms with Gasteiger partial charge in [0.25, 0.3) is 0 Å². The summed E-state index contributed by atoms with van der Waals surface area (Å²) in [5.74, 6) is -0.674. The van der Waals surface area contributed by atoms with Gasteiger partial charge < -0.3 is 63.7 Å². The Hall–Kier alpha value is -1.66. The van der Waals surface area contributed by atoms with Crippen LogP contribution in [0.25, 0.3) is 0 Å². The van der Waals surface area contributed by atoms with Crippen LogP contribution in [-0.4, -0.2) is 130 Å². The van der Waals surface area contributed by atoms with Gasteiger partial charge in [-0.25, -0.2) is 4.79 Å². The van der Waals surface area contributed by atoms with Crippen LogP contribution < -0.4 is 5.73 Å². The van der Waals surface area contributed by atoms with Crippen LogP contribution in [0.1, 0.15) is 6.92 Å². The number of ether oxygens (including phenoxy) is 9. The monoisotopic (exact) mass is 499 g/mol. The number of primary amides is 1. The van der Waals surface area contributed by atoms with Crippen molar-refractivity contribution in [2.24, 2.45) is 5.73 Å². The second-order valence-electron chi connectivity index (χ2n) is 7.60. The third-order valence-electron chi connectivity index (χ3n) is 5.20. The van der Waals surface area contributed by atoms with E-state index >= 15 is 0 Å². The van der Waals surface area contributed by atoms with Crippen molar-refractivity contribution in [2.45, 2.75) is 68.3 Å². The number of aliphatic hydroxyl groups is 3. The first-order chi connectivity index (χ1) is 16.1. The molecule has 5 N–H and O–H groups in total. The Bertz CT molecular complexity index is 652. The van der Waals surface area contributed by atoms with Crippen LogP contribution in [0.15, 0.2) is 0 Å². The van der Waals surface area contributed by atoms with Gasteiger partial charge in [0, 0.05) is 28.3 Å². The summed E-state index contributed by atoms with van der Waals surface area (Å²) in [5.41, 5.74) is 5.05. The number of esters is 1. The first-order valence-corrected chi connectivity index (χ1v) is 10.4. The third-order valence-corrected chi connectivity index (χ3v) is 5.20. The van der Waals surface area contributed by atoms with E-state index in [-0.39, 0.29) is 13.2 Å². The number of methoxy groups -OCH3 is 3. The Morgan fingerprint density at radius 3 is 1.91 bits per heavy atom. The van der Waals surface area contributed by atoms with E-state index in [2.05, 4.69) is 0 Å². The van der Waals surface area contributed by atoms with Crippen LogP contribution in [-0.2, 0) is 47.4 Å². The van der Waals surface area contributed by atoms with Gasteiger partial charge in [0.2, 0.25) is 6.29 Å². The second-order valence-corrected chi connectivity index (χ2v) is 7.60. The molecule has 1 amide bonds. The fourth-order valence-electron chi connectivity index (χ4n) is 3.68. The fourth-order valence-corrected chi connectivity index (χ4v) is 3.68. The summed E-state index contributed by atoms with van der Waals surface area (Å²) in [6.45, 7) is 0.445. The quantitative estimate of drug-likeness (QED) is 0.168. The number of hydrogen-bond acceptors (Lipinski definition) is 14. The summed E-state index contributed by atoms with van der Waals surface area (Å²) in [5, 5.41) is 31.3. The minimum Gasteiger partial charge on any atom is -0.454 e. The number of amides is 1. The maximum atomic E-state index is 11.6. The minimum absolute atomic E-state index is 0.0163. The first-order valence-electron chi connectivity index (χ1n) is 10.4. The SMILES string of the molecule is COCC1OC(OCOC2C(O)C(COC)OC(OC)C2OC(C)=O)C(OC(N)=O)C(O)C1O. The van der Waals surface area contributed by atoms with Crippen molar-refractivity contribution in [2.75, 3.05) is 41.3 Å². The molecular weight excluding hydrogens is 466 g/mol. The normalized spacial score (nSPS) is 38.3. The molecule has 2 rings (SSSR count).